The first-order chi connectivity index (χ1) is 8.26. The van der Waals surface area contributed by atoms with Gasteiger partial charge in [0, 0.05) is 11.4 Å². The second-order valence-electron chi connectivity index (χ2n) is 4.53. The highest BCUT2D eigenvalue weighted by Crippen LogP contribution is 2.25. The van der Waals surface area contributed by atoms with E-state index < -0.39 is 0 Å². The largest absolute Gasteiger partial charge is 0.322 e. The first-order valence-electron chi connectivity index (χ1n) is 6.37. The van der Waals surface area contributed by atoms with Crippen LogP contribution in [0.5, 0.6) is 0 Å². The third-order valence-electron chi connectivity index (χ3n) is 3.52. The highest BCUT2D eigenvalue weighted by molar-refractivity contribution is 5.78. The Morgan fingerprint density at radius 2 is 1.76 bits per heavy atom. The molecular weight excluding hydrogens is 208 g/mol. The summed E-state index contributed by atoms with van der Waals surface area (Å²) in [5, 5.41) is 1.17. The van der Waals surface area contributed by atoms with Crippen molar-refractivity contribution in [2.75, 3.05) is 0 Å². The zero-order valence-electron chi connectivity index (χ0n) is 10.6. The maximum atomic E-state index is 6.29. The number of rotatable bonds is 4. The van der Waals surface area contributed by atoms with Crippen LogP contribution in [-0.2, 0) is 0 Å². The Morgan fingerprint density at radius 3 is 2.47 bits per heavy atom. The predicted octanol–water partition coefficient (Wildman–Crippen LogP) is 3.67. The molecule has 0 fully saturated rings. The second-order valence-corrected chi connectivity index (χ2v) is 4.53. The third kappa shape index (κ3) is 2.47. The summed E-state index contributed by atoms with van der Waals surface area (Å²) in [5.74, 6) is 0.517. The van der Waals surface area contributed by atoms with Crippen molar-refractivity contribution in [2.24, 2.45) is 11.7 Å². The normalized spacial score (nSPS) is 13.2. The molecule has 1 unspecified atom stereocenters. The number of aromatic nitrogens is 1. The summed E-state index contributed by atoms with van der Waals surface area (Å²) in [4.78, 5) is 4.67. The van der Waals surface area contributed by atoms with Crippen LogP contribution in [0.1, 0.15) is 38.4 Å². The summed E-state index contributed by atoms with van der Waals surface area (Å²) in [5.41, 5.74) is 8.33. The molecule has 0 aliphatic rings. The van der Waals surface area contributed by atoms with Gasteiger partial charge in [-0.15, -0.1) is 0 Å². The first-order valence-corrected chi connectivity index (χ1v) is 6.37. The number of nitrogens with zero attached hydrogens (tertiary/aromatic N) is 1. The van der Waals surface area contributed by atoms with Gasteiger partial charge < -0.3 is 5.73 Å². The van der Waals surface area contributed by atoms with E-state index in [1.165, 1.54) is 5.39 Å². The second kappa shape index (κ2) is 5.28. The molecule has 0 saturated carbocycles. The summed E-state index contributed by atoms with van der Waals surface area (Å²) < 4.78 is 0. The van der Waals surface area contributed by atoms with Gasteiger partial charge in [-0.05, 0) is 18.1 Å². The van der Waals surface area contributed by atoms with E-state index in [0.717, 1.165) is 24.1 Å². The van der Waals surface area contributed by atoms with Gasteiger partial charge in [0.25, 0.3) is 0 Å². The Balaban J connectivity index is 2.35. The minimum absolute atomic E-state index is 0.0506. The monoisotopic (exact) mass is 228 g/mol. The molecule has 2 nitrogen and oxygen atoms in total. The molecule has 2 heteroatoms. The highest BCUT2D eigenvalue weighted by atomic mass is 14.8. The maximum absolute atomic E-state index is 6.29. The van der Waals surface area contributed by atoms with E-state index in [2.05, 4.69) is 37.0 Å². The van der Waals surface area contributed by atoms with Gasteiger partial charge in [0.1, 0.15) is 0 Å². The molecule has 17 heavy (non-hydrogen) atoms. The van der Waals surface area contributed by atoms with Gasteiger partial charge in [-0.2, -0.15) is 0 Å². The van der Waals surface area contributed by atoms with Gasteiger partial charge in [0.05, 0.1) is 11.2 Å². The Hall–Kier alpha value is -1.41. The van der Waals surface area contributed by atoms with Crippen LogP contribution in [0.15, 0.2) is 36.4 Å². The molecule has 0 bridgehead atoms. The molecular formula is C15H20N2. The number of hydrogen-bond acceptors (Lipinski definition) is 2. The third-order valence-corrected chi connectivity index (χ3v) is 3.52. The van der Waals surface area contributed by atoms with Crippen molar-refractivity contribution < 1.29 is 0 Å². The van der Waals surface area contributed by atoms with Crippen LogP contribution in [-0.4, -0.2) is 4.98 Å². The van der Waals surface area contributed by atoms with Gasteiger partial charge >= 0.3 is 0 Å². The van der Waals surface area contributed by atoms with Crippen LogP contribution in [0.25, 0.3) is 10.9 Å². The lowest BCUT2D eigenvalue weighted by molar-refractivity contribution is 0.399. The molecule has 0 radical (unpaired) electrons. The Morgan fingerprint density at radius 1 is 1.06 bits per heavy atom. The molecule has 2 N–H and O–H groups in total. The van der Waals surface area contributed by atoms with Gasteiger partial charge in [-0.1, -0.05) is 51.0 Å². The first kappa shape index (κ1) is 12.1. The Labute approximate surface area is 103 Å². The average molecular weight is 228 g/mol. The van der Waals surface area contributed by atoms with Gasteiger partial charge in [-0.3, -0.25) is 4.98 Å². The molecule has 0 aliphatic heterocycles. The predicted molar refractivity (Wildman–Crippen MR) is 72.7 cm³/mol. The molecule has 0 amide bonds. The fraction of sp³-hybridized carbons (Fsp3) is 0.400. The lowest BCUT2D eigenvalue weighted by atomic mass is 9.92. The molecule has 2 rings (SSSR count). The molecule has 1 aromatic carbocycles. The number of nitrogens with two attached hydrogens (primary N) is 1. The van der Waals surface area contributed by atoms with Crippen molar-refractivity contribution in [2.45, 2.75) is 32.7 Å². The van der Waals surface area contributed by atoms with E-state index in [1.807, 2.05) is 18.2 Å². The Bertz CT molecular complexity index is 489. The molecule has 2 aromatic rings. The number of pyridine rings is 1. The molecule has 1 heterocycles. The highest BCUT2D eigenvalue weighted by Gasteiger charge is 2.17. The van der Waals surface area contributed by atoms with Gasteiger partial charge in [-0.25, -0.2) is 0 Å². The molecule has 1 aromatic heterocycles. The lowest BCUT2D eigenvalue weighted by Crippen LogP contribution is -2.21. The van der Waals surface area contributed by atoms with Gasteiger partial charge in [0.2, 0.25) is 0 Å². The molecule has 0 spiro atoms. The van der Waals surface area contributed by atoms with Crippen molar-refractivity contribution in [1.29, 1.82) is 0 Å². The summed E-state index contributed by atoms with van der Waals surface area (Å²) >= 11 is 0. The SMILES string of the molecule is CCC(CC)C(N)c1ccc2ccccc2n1. The minimum Gasteiger partial charge on any atom is -0.322 e. The molecule has 90 valence electrons. The Kier molecular flexibility index (Phi) is 3.75. The lowest BCUT2D eigenvalue weighted by Gasteiger charge is -2.20. The summed E-state index contributed by atoms with van der Waals surface area (Å²) in [6.07, 6.45) is 2.21. The van der Waals surface area contributed by atoms with E-state index >= 15 is 0 Å². The smallest absolute Gasteiger partial charge is 0.0706 e. The van der Waals surface area contributed by atoms with Crippen LogP contribution < -0.4 is 5.73 Å². The van der Waals surface area contributed by atoms with Crippen molar-refractivity contribution in [3.05, 3.63) is 42.1 Å². The van der Waals surface area contributed by atoms with Crippen LogP contribution >= 0.6 is 0 Å². The topological polar surface area (TPSA) is 38.9 Å². The average Bonchev–Trinajstić information content (AvgIpc) is 2.39. The number of para-hydroxylation sites is 1. The van der Waals surface area contributed by atoms with Crippen molar-refractivity contribution in [3.8, 4) is 0 Å². The maximum Gasteiger partial charge on any atom is 0.0706 e. The van der Waals surface area contributed by atoms with Crippen LogP contribution in [0.4, 0.5) is 0 Å². The van der Waals surface area contributed by atoms with E-state index in [0.29, 0.717) is 5.92 Å². The molecule has 0 aliphatic carbocycles. The van der Waals surface area contributed by atoms with Crippen molar-refractivity contribution in [3.63, 3.8) is 0 Å². The number of benzene rings is 1. The molecule has 1 atom stereocenters. The van der Waals surface area contributed by atoms with Crippen molar-refractivity contribution in [1.82, 2.24) is 4.98 Å². The standard InChI is InChI=1S/C15H20N2/c1-3-11(4-2)15(16)14-10-9-12-7-5-6-8-13(12)17-14/h5-11,15H,3-4,16H2,1-2H3. The van der Waals surface area contributed by atoms with Crippen LogP contribution in [0.3, 0.4) is 0 Å². The van der Waals surface area contributed by atoms with Crippen LogP contribution in [0.2, 0.25) is 0 Å². The number of fused-ring (bicyclic) bond motifs is 1. The van der Waals surface area contributed by atoms with Crippen LogP contribution in [0, 0.1) is 5.92 Å². The van der Waals surface area contributed by atoms with E-state index in [1.54, 1.807) is 0 Å². The van der Waals surface area contributed by atoms with Gasteiger partial charge in [0.15, 0.2) is 0 Å². The fourth-order valence-corrected chi connectivity index (χ4v) is 2.31. The zero-order valence-corrected chi connectivity index (χ0v) is 10.6. The zero-order chi connectivity index (χ0) is 12.3. The summed E-state index contributed by atoms with van der Waals surface area (Å²) in [7, 11) is 0. The van der Waals surface area contributed by atoms with Crippen molar-refractivity contribution >= 4 is 10.9 Å². The van der Waals surface area contributed by atoms with E-state index in [-0.39, 0.29) is 6.04 Å². The quantitative estimate of drug-likeness (QED) is 0.867. The fourth-order valence-electron chi connectivity index (χ4n) is 2.31. The number of hydrogen-bond donors (Lipinski definition) is 1. The summed E-state index contributed by atoms with van der Waals surface area (Å²) in [6, 6.07) is 12.4. The minimum atomic E-state index is 0.0506. The summed E-state index contributed by atoms with van der Waals surface area (Å²) in [6.45, 7) is 4.38. The van der Waals surface area contributed by atoms with E-state index in [4.69, 9.17) is 5.73 Å². The van der Waals surface area contributed by atoms with E-state index in [9.17, 15) is 0 Å². The molecule has 0 saturated heterocycles.